The van der Waals surface area contributed by atoms with E-state index in [0.717, 1.165) is 43.8 Å². The zero-order valence-corrected chi connectivity index (χ0v) is 18.1. The zero-order chi connectivity index (χ0) is 17.1. The van der Waals surface area contributed by atoms with E-state index in [0.29, 0.717) is 18.2 Å². The molecule has 0 saturated carbocycles. The number of unbranched alkanes of at least 4 members (excludes halogenated alkanes) is 1. The predicted octanol–water partition coefficient (Wildman–Crippen LogP) is 3.73. The summed E-state index contributed by atoms with van der Waals surface area (Å²) < 4.78 is 5.24. The first kappa shape index (κ1) is 23.1. The van der Waals surface area contributed by atoms with Gasteiger partial charge in [-0.1, -0.05) is 45.7 Å². The summed E-state index contributed by atoms with van der Waals surface area (Å²) in [5.74, 6) is 3.38. The molecule has 1 aromatic rings. The van der Waals surface area contributed by atoms with E-state index in [4.69, 9.17) is 4.52 Å². The Hall–Kier alpha value is -0.860. The second-order valence-electron chi connectivity index (χ2n) is 6.53. The van der Waals surface area contributed by atoms with Crippen molar-refractivity contribution in [2.75, 3.05) is 19.6 Å². The summed E-state index contributed by atoms with van der Waals surface area (Å²) in [5.41, 5.74) is 0. The Balaban J connectivity index is 0.00000529. The van der Waals surface area contributed by atoms with Crippen LogP contribution in [0.15, 0.2) is 9.52 Å². The van der Waals surface area contributed by atoms with Crippen molar-refractivity contribution in [2.24, 2.45) is 10.9 Å². The molecule has 2 N–H and O–H groups in total. The van der Waals surface area contributed by atoms with Gasteiger partial charge >= 0.3 is 0 Å². The lowest BCUT2D eigenvalue weighted by Crippen LogP contribution is -2.38. The van der Waals surface area contributed by atoms with Crippen molar-refractivity contribution >= 4 is 29.9 Å². The summed E-state index contributed by atoms with van der Waals surface area (Å²) in [6.45, 7) is 13.2. The molecule has 6 nitrogen and oxygen atoms in total. The number of nitrogens with zero attached hydrogens (tertiary/aromatic N) is 3. The van der Waals surface area contributed by atoms with Crippen molar-refractivity contribution in [2.45, 2.75) is 66.2 Å². The van der Waals surface area contributed by atoms with Crippen LogP contribution in [0.4, 0.5) is 0 Å². The van der Waals surface area contributed by atoms with Crippen LogP contribution in [0.5, 0.6) is 0 Å². The van der Waals surface area contributed by atoms with E-state index in [9.17, 15) is 0 Å². The number of aromatic nitrogens is 2. The molecular weight excluding hydrogens is 417 g/mol. The van der Waals surface area contributed by atoms with Gasteiger partial charge in [-0.2, -0.15) is 4.98 Å². The number of aliphatic imine (C=N–C) groups is 1. The fraction of sp³-hybridized carbons (Fsp3) is 0.824. The SMILES string of the molecule is CCNC(=NCCCCC(C)C)NCCc1nc(C(C)C)no1.I. The highest BCUT2D eigenvalue weighted by molar-refractivity contribution is 14.0. The third-order valence-electron chi connectivity index (χ3n) is 3.44. The second-order valence-corrected chi connectivity index (χ2v) is 6.53. The Bertz CT molecular complexity index is 460. The highest BCUT2D eigenvalue weighted by atomic mass is 127. The summed E-state index contributed by atoms with van der Waals surface area (Å²) >= 11 is 0. The summed E-state index contributed by atoms with van der Waals surface area (Å²) in [6, 6.07) is 0. The molecule has 0 aliphatic carbocycles. The van der Waals surface area contributed by atoms with E-state index in [1.54, 1.807) is 0 Å². The maximum Gasteiger partial charge on any atom is 0.228 e. The lowest BCUT2D eigenvalue weighted by atomic mass is 10.1. The molecule has 0 amide bonds. The predicted molar refractivity (Wildman–Crippen MR) is 110 cm³/mol. The van der Waals surface area contributed by atoms with Crippen LogP contribution in [0.3, 0.4) is 0 Å². The van der Waals surface area contributed by atoms with Crippen molar-refractivity contribution in [1.82, 2.24) is 20.8 Å². The standard InChI is InChI=1S/C17H33N5O.HI/c1-6-18-17(19-11-8-7-9-13(2)3)20-12-10-15-21-16(14(4)5)22-23-15;/h13-14H,6-12H2,1-5H3,(H2,18,19,20);1H. The van der Waals surface area contributed by atoms with Gasteiger partial charge in [0.25, 0.3) is 0 Å². The van der Waals surface area contributed by atoms with E-state index in [-0.39, 0.29) is 24.0 Å². The van der Waals surface area contributed by atoms with Gasteiger partial charge in [-0.3, -0.25) is 4.99 Å². The lowest BCUT2D eigenvalue weighted by molar-refractivity contribution is 0.371. The quantitative estimate of drug-likeness (QED) is 0.245. The van der Waals surface area contributed by atoms with Crippen LogP contribution in [0.25, 0.3) is 0 Å². The minimum atomic E-state index is 0. The van der Waals surface area contributed by atoms with Crippen molar-refractivity contribution in [1.29, 1.82) is 0 Å². The van der Waals surface area contributed by atoms with Crippen LogP contribution in [-0.2, 0) is 6.42 Å². The van der Waals surface area contributed by atoms with Crippen LogP contribution in [0, 0.1) is 5.92 Å². The van der Waals surface area contributed by atoms with Gasteiger partial charge in [0.05, 0.1) is 0 Å². The van der Waals surface area contributed by atoms with Gasteiger partial charge in [0.1, 0.15) is 0 Å². The summed E-state index contributed by atoms with van der Waals surface area (Å²) in [7, 11) is 0. The maximum absolute atomic E-state index is 5.24. The van der Waals surface area contributed by atoms with Gasteiger partial charge in [-0.15, -0.1) is 24.0 Å². The molecule has 1 heterocycles. The second kappa shape index (κ2) is 13.4. The fourth-order valence-corrected chi connectivity index (χ4v) is 2.09. The largest absolute Gasteiger partial charge is 0.357 e. The maximum atomic E-state index is 5.24. The van der Waals surface area contributed by atoms with Crippen LogP contribution in [-0.4, -0.2) is 35.7 Å². The smallest absolute Gasteiger partial charge is 0.228 e. The molecule has 0 unspecified atom stereocenters. The molecule has 1 rings (SSSR count). The number of rotatable bonds is 10. The first-order valence-electron chi connectivity index (χ1n) is 8.87. The van der Waals surface area contributed by atoms with Crippen LogP contribution >= 0.6 is 24.0 Å². The Labute approximate surface area is 163 Å². The third kappa shape index (κ3) is 10.1. The highest BCUT2D eigenvalue weighted by Gasteiger charge is 2.09. The highest BCUT2D eigenvalue weighted by Crippen LogP contribution is 2.09. The molecule has 1 aromatic heterocycles. The Kier molecular flexibility index (Phi) is 13.0. The lowest BCUT2D eigenvalue weighted by Gasteiger charge is -2.10. The minimum absolute atomic E-state index is 0. The van der Waals surface area contributed by atoms with Gasteiger partial charge in [0, 0.05) is 32.0 Å². The van der Waals surface area contributed by atoms with E-state index >= 15 is 0 Å². The van der Waals surface area contributed by atoms with E-state index < -0.39 is 0 Å². The normalized spacial score (nSPS) is 11.7. The van der Waals surface area contributed by atoms with Crippen molar-refractivity contribution < 1.29 is 4.52 Å². The zero-order valence-electron chi connectivity index (χ0n) is 15.8. The summed E-state index contributed by atoms with van der Waals surface area (Å²) in [4.78, 5) is 8.98. The van der Waals surface area contributed by atoms with E-state index in [2.05, 4.69) is 60.4 Å². The molecule has 0 saturated heterocycles. The molecule has 7 heteroatoms. The van der Waals surface area contributed by atoms with Gasteiger partial charge < -0.3 is 15.2 Å². The van der Waals surface area contributed by atoms with Crippen LogP contribution in [0.2, 0.25) is 0 Å². The summed E-state index contributed by atoms with van der Waals surface area (Å²) in [6.07, 6.45) is 4.35. The van der Waals surface area contributed by atoms with Gasteiger partial charge in [-0.05, 0) is 19.3 Å². The number of halogens is 1. The Morgan fingerprint density at radius 1 is 1.17 bits per heavy atom. The van der Waals surface area contributed by atoms with Crippen molar-refractivity contribution in [3.05, 3.63) is 11.7 Å². The molecule has 0 atom stereocenters. The molecule has 0 radical (unpaired) electrons. The molecule has 24 heavy (non-hydrogen) atoms. The topological polar surface area (TPSA) is 75.3 Å². The third-order valence-corrected chi connectivity index (χ3v) is 3.44. The molecular formula is C17H34IN5O. The van der Waals surface area contributed by atoms with Gasteiger partial charge in [-0.25, -0.2) is 0 Å². The Morgan fingerprint density at radius 3 is 2.50 bits per heavy atom. The monoisotopic (exact) mass is 451 g/mol. The fourth-order valence-electron chi connectivity index (χ4n) is 2.09. The molecule has 0 spiro atoms. The average molecular weight is 451 g/mol. The van der Waals surface area contributed by atoms with Crippen molar-refractivity contribution in [3.63, 3.8) is 0 Å². The van der Waals surface area contributed by atoms with Crippen LogP contribution < -0.4 is 10.6 Å². The van der Waals surface area contributed by atoms with Gasteiger partial charge in [0.2, 0.25) is 5.89 Å². The van der Waals surface area contributed by atoms with Gasteiger partial charge in [0.15, 0.2) is 11.8 Å². The number of hydrogen-bond donors (Lipinski definition) is 2. The molecule has 0 fully saturated rings. The molecule has 0 bridgehead atoms. The molecule has 0 aromatic carbocycles. The van der Waals surface area contributed by atoms with Crippen molar-refractivity contribution in [3.8, 4) is 0 Å². The average Bonchev–Trinajstić information content (AvgIpc) is 2.95. The number of guanidine groups is 1. The molecule has 0 aliphatic rings. The first-order chi connectivity index (χ1) is 11.0. The Morgan fingerprint density at radius 2 is 1.92 bits per heavy atom. The molecule has 0 aliphatic heterocycles. The van der Waals surface area contributed by atoms with E-state index in [1.807, 2.05) is 0 Å². The minimum Gasteiger partial charge on any atom is -0.357 e. The number of hydrogen-bond acceptors (Lipinski definition) is 4. The van der Waals surface area contributed by atoms with E-state index in [1.165, 1.54) is 12.8 Å². The first-order valence-corrected chi connectivity index (χ1v) is 8.87. The number of nitrogens with one attached hydrogen (secondary N) is 2. The van der Waals surface area contributed by atoms with Crippen LogP contribution in [0.1, 0.15) is 71.5 Å². The molecule has 140 valence electrons. The summed E-state index contributed by atoms with van der Waals surface area (Å²) in [5, 5.41) is 10.6.